The van der Waals surface area contributed by atoms with Crippen LogP contribution in [0, 0.1) is 19.7 Å². The molecule has 1 aromatic heterocycles. The van der Waals surface area contributed by atoms with Crippen LogP contribution in [0.15, 0.2) is 59.7 Å². The molecule has 0 aliphatic heterocycles. The SMILES string of the molecule is Cc1ccc(-n2ccnc(NC(=O)c3cccc(F)c3)c2=O)cc1C. The summed E-state index contributed by atoms with van der Waals surface area (Å²) in [6.07, 6.45) is 2.96. The second-order valence-electron chi connectivity index (χ2n) is 5.68. The lowest BCUT2D eigenvalue weighted by atomic mass is 10.1. The van der Waals surface area contributed by atoms with E-state index in [1.54, 1.807) is 0 Å². The van der Waals surface area contributed by atoms with Crippen LogP contribution in [0.2, 0.25) is 0 Å². The molecular formula is C19H16FN3O2. The topological polar surface area (TPSA) is 64.0 Å². The summed E-state index contributed by atoms with van der Waals surface area (Å²) in [5, 5.41) is 2.44. The van der Waals surface area contributed by atoms with Gasteiger partial charge in [0.25, 0.3) is 11.5 Å². The number of anilines is 1. The Morgan fingerprint density at radius 3 is 2.64 bits per heavy atom. The van der Waals surface area contributed by atoms with Crippen LogP contribution in [0.4, 0.5) is 10.2 Å². The minimum atomic E-state index is -0.595. The first kappa shape index (κ1) is 16.6. The molecular weight excluding hydrogens is 321 g/mol. The standard InChI is InChI=1S/C19H16FN3O2/c1-12-6-7-16(10-13(12)2)23-9-8-21-17(19(23)25)22-18(24)14-4-3-5-15(20)11-14/h3-11H,1-2H3,(H,21,22,24). The number of carbonyl (C=O) groups excluding carboxylic acids is 1. The molecule has 3 aromatic rings. The maximum atomic E-state index is 13.2. The number of aromatic nitrogens is 2. The Morgan fingerprint density at radius 1 is 1.12 bits per heavy atom. The van der Waals surface area contributed by atoms with Crippen LogP contribution in [0.1, 0.15) is 21.5 Å². The third-order valence-electron chi connectivity index (χ3n) is 3.93. The van der Waals surface area contributed by atoms with E-state index in [4.69, 9.17) is 0 Å². The molecule has 126 valence electrons. The zero-order valence-corrected chi connectivity index (χ0v) is 13.8. The highest BCUT2D eigenvalue weighted by atomic mass is 19.1. The number of hydrogen-bond acceptors (Lipinski definition) is 3. The predicted octanol–water partition coefficient (Wildman–Crippen LogP) is 3.24. The largest absolute Gasteiger partial charge is 0.302 e. The minimum absolute atomic E-state index is 0.114. The normalized spacial score (nSPS) is 10.5. The number of aryl methyl sites for hydroxylation is 2. The van der Waals surface area contributed by atoms with Gasteiger partial charge in [-0.05, 0) is 55.3 Å². The van der Waals surface area contributed by atoms with E-state index >= 15 is 0 Å². The number of nitrogens with zero attached hydrogens (tertiary/aromatic N) is 2. The van der Waals surface area contributed by atoms with E-state index in [0.29, 0.717) is 5.69 Å². The number of rotatable bonds is 3. The van der Waals surface area contributed by atoms with Gasteiger partial charge in [0, 0.05) is 23.6 Å². The van der Waals surface area contributed by atoms with Gasteiger partial charge in [0.15, 0.2) is 5.82 Å². The third kappa shape index (κ3) is 3.47. The molecule has 0 atom stereocenters. The Kier molecular flexibility index (Phi) is 4.43. The van der Waals surface area contributed by atoms with Crippen molar-refractivity contribution in [2.75, 3.05) is 5.32 Å². The first-order valence-electron chi connectivity index (χ1n) is 7.68. The number of halogens is 1. The van der Waals surface area contributed by atoms with Crippen molar-refractivity contribution in [1.29, 1.82) is 0 Å². The van der Waals surface area contributed by atoms with E-state index in [1.807, 2.05) is 32.0 Å². The minimum Gasteiger partial charge on any atom is -0.302 e. The maximum absolute atomic E-state index is 13.2. The lowest BCUT2D eigenvalue weighted by Gasteiger charge is -2.10. The van der Waals surface area contributed by atoms with Crippen molar-refractivity contribution >= 4 is 11.7 Å². The zero-order chi connectivity index (χ0) is 18.0. The molecule has 0 unspecified atom stereocenters. The van der Waals surface area contributed by atoms with Crippen molar-refractivity contribution in [3.8, 4) is 5.69 Å². The van der Waals surface area contributed by atoms with E-state index in [0.717, 1.165) is 17.2 Å². The van der Waals surface area contributed by atoms with Gasteiger partial charge in [0.05, 0.1) is 0 Å². The Labute approximate surface area is 143 Å². The summed E-state index contributed by atoms with van der Waals surface area (Å²) in [6.45, 7) is 3.94. The number of carbonyl (C=O) groups is 1. The highest BCUT2D eigenvalue weighted by Crippen LogP contribution is 2.13. The lowest BCUT2D eigenvalue weighted by molar-refractivity contribution is 0.102. The molecule has 1 N–H and O–H groups in total. The van der Waals surface area contributed by atoms with Gasteiger partial charge in [-0.3, -0.25) is 14.2 Å². The fourth-order valence-electron chi connectivity index (χ4n) is 2.39. The van der Waals surface area contributed by atoms with E-state index < -0.39 is 17.3 Å². The van der Waals surface area contributed by atoms with E-state index in [-0.39, 0.29) is 11.4 Å². The number of hydrogen-bond donors (Lipinski definition) is 1. The monoisotopic (exact) mass is 337 g/mol. The van der Waals surface area contributed by atoms with Crippen LogP contribution in [0.25, 0.3) is 5.69 Å². The van der Waals surface area contributed by atoms with Crippen molar-refractivity contribution in [2.24, 2.45) is 0 Å². The van der Waals surface area contributed by atoms with Gasteiger partial charge in [-0.25, -0.2) is 9.37 Å². The zero-order valence-electron chi connectivity index (χ0n) is 13.8. The van der Waals surface area contributed by atoms with Crippen molar-refractivity contribution in [3.63, 3.8) is 0 Å². The first-order chi connectivity index (χ1) is 12.0. The summed E-state index contributed by atoms with van der Waals surface area (Å²) in [5.41, 5.74) is 2.49. The van der Waals surface area contributed by atoms with Crippen LogP contribution < -0.4 is 10.9 Å². The first-order valence-corrected chi connectivity index (χ1v) is 7.68. The Balaban J connectivity index is 1.95. The molecule has 0 fully saturated rings. The van der Waals surface area contributed by atoms with Gasteiger partial charge < -0.3 is 5.32 Å². The Morgan fingerprint density at radius 2 is 1.92 bits per heavy atom. The molecule has 0 saturated carbocycles. The highest BCUT2D eigenvalue weighted by molar-refractivity contribution is 6.03. The molecule has 1 amide bonds. The Hall–Kier alpha value is -3.28. The van der Waals surface area contributed by atoms with Crippen LogP contribution in [-0.2, 0) is 0 Å². The van der Waals surface area contributed by atoms with Crippen molar-refractivity contribution in [3.05, 3.63) is 87.7 Å². The summed E-state index contributed by atoms with van der Waals surface area (Å²) in [6, 6.07) is 10.9. The van der Waals surface area contributed by atoms with E-state index in [2.05, 4.69) is 10.3 Å². The van der Waals surface area contributed by atoms with Crippen LogP contribution >= 0.6 is 0 Å². The van der Waals surface area contributed by atoms with Crippen molar-refractivity contribution in [2.45, 2.75) is 13.8 Å². The summed E-state index contributed by atoms with van der Waals surface area (Å²) in [7, 11) is 0. The second-order valence-corrected chi connectivity index (χ2v) is 5.68. The van der Waals surface area contributed by atoms with Crippen molar-refractivity contribution < 1.29 is 9.18 Å². The van der Waals surface area contributed by atoms with Gasteiger partial charge in [-0.2, -0.15) is 0 Å². The van der Waals surface area contributed by atoms with Gasteiger partial charge in [0.2, 0.25) is 0 Å². The average molecular weight is 337 g/mol. The van der Waals surface area contributed by atoms with Gasteiger partial charge in [-0.1, -0.05) is 12.1 Å². The summed E-state index contributed by atoms with van der Waals surface area (Å²) < 4.78 is 14.6. The third-order valence-corrected chi connectivity index (χ3v) is 3.93. The smallest absolute Gasteiger partial charge is 0.298 e. The second kappa shape index (κ2) is 6.68. The molecule has 0 aliphatic rings. The molecule has 0 saturated heterocycles. The van der Waals surface area contributed by atoms with Crippen molar-refractivity contribution in [1.82, 2.24) is 9.55 Å². The fraction of sp³-hybridized carbons (Fsp3) is 0.105. The molecule has 1 heterocycles. The quantitative estimate of drug-likeness (QED) is 0.798. The maximum Gasteiger partial charge on any atom is 0.298 e. The highest BCUT2D eigenvalue weighted by Gasteiger charge is 2.12. The van der Waals surface area contributed by atoms with Gasteiger partial charge in [-0.15, -0.1) is 0 Å². The summed E-state index contributed by atoms with van der Waals surface area (Å²) in [4.78, 5) is 28.7. The molecule has 25 heavy (non-hydrogen) atoms. The fourth-order valence-corrected chi connectivity index (χ4v) is 2.39. The molecule has 0 bridgehead atoms. The summed E-state index contributed by atoms with van der Waals surface area (Å²) >= 11 is 0. The van der Waals surface area contributed by atoms with Gasteiger partial charge >= 0.3 is 0 Å². The average Bonchev–Trinajstić information content (AvgIpc) is 2.59. The molecule has 0 spiro atoms. The Bertz CT molecular complexity index is 1010. The molecule has 2 aromatic carbocycles. The van der Waals surface area contributed by atoms with Crippen LogP contribution in [-0.4, -0.2) is 15.5 Å². The van der Waals surface area contributed by atoms with Crippen LogP contribution in [0.3, 0.4) is 0 Å². The molecule has 5 nitrogen and oxygen atoms in total. The molecule has 6 heteroatoms. The number of amides is 1. The van der Waals surface area contributed by atoms with Gasteiger partial charge in [0.1, 0.15) is 5.82 Å². The number of nitrogens with one attached hydrogen (secondary N) is 1. The van der Waals surface area contributed by atoms with Crippen LogP contribution in [0.5, 0.6) is 0 Å². The van der Waals surface area contributed by atoms with E-state index in [1.165, 1.54) is 35.2 Å². The molecule has 3 rings (SSSR count). The predicted molar refractivity (Wildman–Crippen MR) is 93.7 cm³/mol. The van der Waals surface area contributed by atoms with E-state index in [9.17, 15) is 14.0 Å². The lowest BCUT2D eigenvalue weighted by Crippen LogP contribution is -2.26. The molecule has 0 radical (unpaired) electrons. The number of benzene rings is 2. The molecule has 0 aliphatic carbocycles. The summed E-state index contributed by atoms with van der Waals surface area (Å²) in [5.74, 6) is -1.24.